The van der Waals surface area contributed by atoms with Crippen LogP contribution in [0.15, 0.2) is 18.2 Å². The molecule has 0 bridgehead atoms. The van der Waals surface area contributed by atoms with Gasteiger partial charge in [0.25, 0.3) is 0 Å². The molecule has 1 fully saturated rings. The van der Waals surface area contributed by atoms with Gasteiger partial charge in [-0.15, -0.1) is 0 Å². The van der Waals surface area contributed by atoms with E-state index < -0.39 is 0 Å². The van der Waals surface area contributed by atoms with E-state index in [0.29, 0.717) is 5.02 Å². The summed E-state index contributed by atoms with van der Waals surface area (Å²) in [6, 6.07) is 5.96. The predicted octanol–water partition coefficient (Wildman–Crippen LogP) is 2.73. The zero-order valence-electron chi connectivity index (χ0n) is 9.09. The van der Waals surface area contributed by atoms with Crippen molar-refractivity contribution in [3.8, 4) is 5.75 Å². The Bertz CT molecular complexity index is 372. The van der Waals surface area contributed by atoms with Crippen LogP contribution in [0.4, 0.5) is 0 Å². The van der Waals surface area contributed by atoms with Gasteiger partial charge in [0, 0.05) is 22.0 Å². The lowest BCUT2D eigenvalue weighted by Crippen LogP contribution is -2.31. The second kappa shape index (κ2) is 3.69. The van der Waals surface area contributed by atoms with Crippen molar-refractivity contribution in [1.29, 1.82) is 0 Å². The van der Waals surface area contributed by atoms with Gasteiger partial charge in [0.05, 0.1) is 7.11 Å². The SMILES string of the molecule is COc1cc(Cl)ccc1C1(C(C)N)CC1. The van der Waals surface area contributed by atoms with E-state index in [0.717, 1.165) is 18.6 Å². The molecule has 1 atom stereocenters. The normalized spacial score (nSPS) is 19.7. The Morgan fingerprint density at radius 1 is 1.47 bits per heavy atom. The number of hydrogen-bond acceptors (Lipinski definition) is 2. The fraction of sp³-hybridized carbons (Fsp3) is 0.500. The number of ether oxygens (including phenoxy) is 1. The Labute approximate surface area is 95.4 Å². The first-order chi connectivity index (χ1) is 7.10. The van der Waals surface area contributed by atoms with Crippen LogP contribution in [0, 0.1) is 0 Å². The number of methoxy groups -OCH3 is 1. The van der Waals surface area contributed by atoms with Crippen LogP contribution >= 0.6 is 11.6 Å². The molecule has 1 aromatic rings. The van der Waals surface area contributed by atoms with Crippen molar-refractivity contribution in [2.24, 2.45) is 5.73 Å². The van der Waals surface area contributed by atoms with Gasteiger partial charge in [0.2, 0.25) is 0 Å². The zero-order valence-corrected chi connectivity index (χ0v) is 9.84. The van der Waals surface area contributed by atoms with Crippen molar-refractivity contribution in [2.45, 2.75) is 31.2 Å². The Morgan fingerprint density at radius 2 is 2.13 bits per heavy atom. The second-order valence-electron chi connectivity index (χ2n) is 4.29. The number of rotatable bonds is 3. The molecule has 1 aliphatic carbocycles. The van der Waals surface area contributed by atoms with Crippen LogP contribution in [0.5, 0.6) is 5.75 Å². The molecule has 0 aromatic heterocycles. The van der Waals surface area contributed by atoms with Crippen LogP contribution in [0.3, 0.4) is 0 Å². The van der Waals surface area contributed by atoms with E-state index in [-0.39, 0.29) is 11.5 Å². The third kappa shape index (κ3) is 1.72. The maximum absolute atomic E-state index is 6.04. The van der Waals surface area contributed by atoms with Crippen molar-refractivity contribution in [3.63, 3.8) is 0 Å². The van der Waals surface area contributed by atoms with Crippen molar-refractivity contribution in [3.05, 3.63) is 28.8 Å². The lowest BCUT2D eigenvalue weighted by molar-refractivity contribution is 0.398. The van der Waals surface area contributed by atoms with Crippen molar-refractivity contribution in [1.82, 2.24) is 0 Å². The molecule has 15 heavy (non-hydrogen) atoms. The molecule has 1 aliphatic rings. The maximum Gasteiger partial charge on any atom is 0.124 e. The van der Waals surface area contributed by atoms with Gasteiger partial charge in [-0.25, -0.2) is 0 Å². The van der Waals surface area contributed by atoms with Gasteiger partial charge in [-0.05, 0) is 31.9 Å². The average Bonchev–Trinajstić information content (AvgIpc) is 2.98. The van der Waals surface area contributed by atoms with Gasteiger partial charge in [-0.1, -0.05) is 17.7 Å². The minimum absolute atomic E-state index is 0.121. The van der Waals surface area contributed by atoms with Crippen LogP contribution in [0.2, 0.25) is 5.02 Å². The molecule has 82 valence electrons. The highest BCUT2D eigenvalue weighted by molar-refractivity contribution is 6.30. The highest BCUT2D eigenvalue weighted by Crippen LogP contribution is 2.53. The van der Waals surface area contributed by atoms with Crippen molar-refractivity contribution >= 4 is 11.6 Å². The molecule has 0 saturated heterocycles. The predicted molar refractivity (Wildman–Crippen MR) is 62.6 cm³/mol. The Kier molecular flexibility index (Phi) is 2.65. The van der Waals surface area contributed by atoms with Gasteiger partial charge < -0.3 is 10.5 Å². The molecule has 0 amide bonds. The summed E-state index contributed by atoms with van der Waals surface area (Å²) in [5.74, 6) is 0.859. The molecular formula is C12H16ClNO. The van der Waals surface area contributed by atoms with Crippen LogP contribution < -0.4 is 10.5 Å². The first-order valence-electron chi connectivity index (χ1n) is 5.20. The van der Waals surface area contributed by atoms with E-state index in [1.807, 2.05) is 18.2 Å². The third-order valence-electron chi connectivity index (χ3n) is 3.36. The first-order valence-corrected chi connectivity index (χ1v) is 5.57. The number of nitrogens with two attached hydrogens (primary N) is 1. The largest absolute Gasteiger partial charge is 0.496 e. The van der Waals surface area contributed by atoms with Gasteiger partial charge in [0.15, 0.2) is 0 Å². The molecule has 2 N–H and O–H groups in total. The summed E-state index contributed by atoms with van der Waals surface area (Å²) in [6.45, 7) is 2.06. The molecule has 3 heteroatoms. The Balaban J connectivity index is 2.44. The van der Waals surface area contributed by atoms with Crippen LogP contribution in [0.1, 0.15) is 25.3 Å². The molecular weight excluding hydrogens is 210 g/mol. The molecule has 0 heterocycles. The Morgan fingerprint density at radius 3 is 2.60 bits per heavy atom. The summed E-state index contributed by atoms with van der Waals surface area (Å²) in [5, 5.41) is 0.705. The quantitative estimate of drug-likeness (QED) is 0.859. The van der Waals surface area contributed by atoms with E-state index in [1.54, 1.807) is 7.11 Å². The topological polar surface area (TPSA) is 35.2 Å². The summed E-state index contributed by atoms with van der Waals surface area (Å²) in [5.41, 5.74) is 7.36. The average molecular weight is 226 g/mol. The minimum atomic E-state index is 0.121. The van der Waals surface area contributed by atoms with Gasteiger partial charge in [-0.3, -0.25) is 0 Å². The minimum Gasteiger partial charge on any atom is -0.496 e. The summed E-state index contributed by atoms with van der Waals surface area (Å²) < 4.78 is 5.36. The summed E-state index contributed by atoms with van der Waals surface area (Å²) in [4.78, 5) is 0. The van der Waals surface area contributed by atoms with Crippen LogP contribution in [-0.4, -0.2) is 13.2 Å². The molecule has 0 radical (unpaired) electrons. The zero-order chi connectivity index (χ0) is 11.1. The fourth-order valence-corrected chi connectivity index (χ4v) is 2.34. The highest BCUT2D eigenvalue weighted by Gasteiger charge is 2.49. The lowest BCUT2D eigenvalue weighted by atomic mass is 9.89. The second-order valence-corrected chi connectivity index (χ2v) is 4.73. The Hall–Kier alpha value is -0.730. The highest BCUT2D eigenvalue weighted by atomic mass is 35.5. The van der Waals surface area contributed by atoms with Crippen molar-refractivity contribution in [2.75, 3.05) is 7.11 Å². The fourth-order valence-electron chi connectivity index (χ4n) is 2.18. The van der Waals surface area contributed by atoms with E-state index >= 15 is 0 Å². The standard InChI is InChI=1S/C12H16ClNO/c1-8(14)12(5-6-12)10-4-3-9(13)7-11(10)15-2/h3-4,7-8H,5-6,14H2,1-2H3. The third-order valence-corrected chi connectivity index (χ3v) is 3.60. The monoisotopic (exact) mass is 225 g/mol. The molecule has 0 spiro atoms. The van der Waals surface area contributed by atoms with Crippen LogP contribution in [-0.2, 0) is 5.41 Å². The van der Waals surface area contributed by atoms with E-state index in [2.05, 4.69) is 6.92 Å². The maximum atomic E-state index is 6.04. The van der Waals surface area contributed by atoms with Crippen molar-refractivity contribution < 1.29 is 4.74 Å². The van der Waals surface area contributed by atoms with E-state index in [4.69, 9.17) is 22.1 Å². The lowest BCUT2D eigenvalue weighted by Gasteiger charge is -2.22. The number of hydrogen-bond donors (Lipinski definition) is 1. The smallest absolute Gasteiger partial charge is 0.124 e. The molecule has 1 unspecified atom stereocenters. The van der Waals surface area contributed by atoms with Crippen LogP contribution in [0.25, 0.3) is 0 Å². The first kappa shape index (κ1) is 10.8. The summed E-state index contributed by atoms with van der Waals surface area (Å²) in [6.07, 6.45) is 2.28. The summed E-state index contributed by atoms with van der Waals surface area (Å²) in [7, 11) is 1.67. The number of halogens is 1. The molecule has 1 saturated carbocycles. The molecule has 2 rings (SSSR count). The van der Waals surface area contributed by atoms with Gasteiger partial charge in [-0.2, -0.15) is 0 Å². The summed E-state index contributed by atoms with van der Waals surface area (Å²) >= 11 is 5.93. The molecule has 0 aliphatic heterocycles. The molecule has 2 nitrogen and oxygen atoms in total. The van der Waals surface area contributed by atoms with Gasteiger partial charge >= 0.3 is 0 Å². The number of benzene rings is 1. The van der Waals surface area contributed by atoms with Gasteiger partial charge in [0.1, 0.15) is 5.75 Å². The van der Waals surface area contributed by atoms with E-state index in [9.17, 15) is 0 Å². The molecule has 1 aromatic carbocycles. The van der Waals surface area contributed by atoms with E-state index in [1.165, 1.54) is 5.56 Å².